The molecule has 1 aromatic heterocycles. The van der Waals surface area contributed by atoms with Gasteiger partial charge in [0.1, 0.15) is 6.04 Å². The maximum absolute atomic E-state index is 12.3. The van der Waals surface area contributed by atoms with Crippen LogP contribution >= 0.6 is 0 Å². The van der Waals surface area contributed by atoms with Crippen molar-refractivity contribution in [1.29, 1.82) is 0 Å². The molecule has 4 aromatic rings. The zero-order chi connectivity index (χ0) is 23.9. The lowest BCUT2D eigenvalue weighted by Gasteiger charge is -2.16. The molecule has 1 N–H and O–H groups in total. The largest absolute Gasteiger partial charge is 0.467 e. The minimum absolute atomic E-state index is 0.226. The number of nitrogens with one attached hydrogen (secondary N) is 1. The fourth-order valence-electron chi connectivity index (χ4n) is 4.03. The number of imidazole rings is 1. The molecular formula is C28H27N3O3. The fraction of sp³-hybridized carbons (Fsp3) is 0.179. The molecule has 34 heavy (non-hydrogen) atoms. The third-order valence-corrected chi connectivity index (χ3v) is 5.64. The van der Waals surface area contributed by atoms with Crippen molar-refractivity contribution in [2.75, 3.05) is 7.11 Å². The third-order valence-electron chi connectivity index (χ3n) is 5.64. The standard InChI is InChI=1S/C28H27N3O3/c1-20(32)30-26(28(33)34-2)17-25-27(31(19-29-25)18-21-9-5-3-6-10-21)24-15-13-23(14-16-24)22-11-7-4-8-12-22/h3-16,19,26H,17-18H2,1-2H3,(H,30,32). The number of benzene rings is 3. The smallest absolute Gasteiger partial charge is 0.328 e. The molecular weight excluding hydrogens is 426 g/mol. The summed E-state index contributed by atoms with van der Waals surface area (Å²) < 4.78 is 6.98. The Labute approximate surface area is 199 Å². The van der Waals surface area contributed by atoms with Gasteiger partial charge < -0.3 is 14.6 Å². The number of hydrogen-bond acceptors (Lipinski definition) is 4. The molecule has 0 fully saturated rings. The maximum Gasteiger partial charge on any atom is 0.328 e. The van der Waals surface area contributed by atoms with Gasteiger partial charge >= 0.3 is 5.97 Å². The van der Waals surface area contributed by atoms with Gasteiger partial charge in [-0.15, -0.1) is 0 Å². The predicted molar refractivity (Wildman–Crippen MR) is 132 cm³/mol. The molecule has 0 aliphatic heterocycles. The average Bonchev–Trinajstić information content (AvgIpc) is 3.25. The molecule has 3 aromatic carbocycles. The molecule has 0 saturated heterocycles. The van der Waals surface area contributed by atoms with Crippen LogP contribution in [0, 0.1) is 0 Å². The predicted octanol–water partition coefficient (Wildman–Crippen LogP) is 4.49. The summed E-state index contributed by atoms with van der Waals surface area (Å²) in [5.41, 5.74) is 6.00. The summed E-state index contributed by atoms with van der Waals surface area (Å²) in [4.78, 5) is 28.7. The normalized spacial score (nSPS) is 11.6. The van der Waals surface area contributed by atoms with E-state index in [0.717, 1.165) is 27.9 Å². The van der Waals surface area contributed by atoms with Crippen molar-refractivity contribution in [3.05, 3.63) is 103 Å². The van der Waals surface area contributed by atoms with Gasteiger partial charge in [0.05, 0.1) is 24.8 Å². The highest BCUT2D eigenvalue weighted by Gasteiger charge is 2.25. The first-order chi connectivity index (χ1) is 16.5. The van der Waals surface area contributed by atoms with E-state index in [1.165, 1.54) is 14.0 Å². The van der Waals surface area contributed by atoms with Crippen molar-refractivity contribution in [2.24, 2.45) is 0 Å². The van der Waals surface area contributed by atoms with Gasteiger partial charge in [0.2, 0.25) is 5.91 Å². The van der Waals surface area contributed by atoms with Crippen molar-refractivity contribution in [2.45, 2.75) is 25.9 Å². The van der Waals surface area contributed by atoms with Crippen LogP contribution < -0.4 is 5.32 Å². The summed E-state index contributed by atoms with van der Waals surface area (Å²) in [6.45, 7) is 2.01. The summed E-state index contributed by atoms with van der Waals surface area (Å²) in [7, 11) is 1.31. The van der Waals surface area contributed by atoms with Gasteiger partial charge in [0.25, 0.3) is 0 Å². The van der Waals surface area contributed by atoms with E-state index in [1.54, 1.807) is 6.33 Å². The maximum atomic E-state index is 12.3. The van der Waals surface area contributed by atoms with Crippen molar-refractivity contribution < 1.29 is 14.3 Å². The Morgan fingerprint density at radius 1 is 0.882 bits per heavy atom. The van der Waals surface area contributed by atoms with E-state index in [-0.39, 0.29) is 12.3 Å². The zero-order valence-corrected chi connectivity index (χ0v) is 19.3. The van der Waals surface area contributed by atoms with E-state index in [9.17, 15) is 9.59 Å². The van der Waals surface area contributed by atoms with Gasteiger partial charge in [-0.1, -0.05) is 84.9 Å². The summed E-state index contributed by atoms with van der Waals surface area (Å²) >= 11 is 0. The van der Waals surface area contributed by atoms with Crippen LogP contribution in [0.1, 0.15) is 18.2 Å². The van der Waals surface area contributed by atoms with E-state index in [2.05, 4.69) is 63.4 Å². The van der Waals surface area contributed by atoms with Crippen LogP contribution in [0.25, 0.3) is 22.4 Å². The van der Waals surface area contributed by atoms with Gasteiger partial charge in [-0.05, 0) is 16.7 Å². The highest BCUT2D eigenvalue weighted by atomic mass is 16.5. The molecule has 4 rings (SSSR count). The highest BCUT2D eigenvalue weighted by molar-refractivity contribution is 5.83. The first-order valence-electron chi connectivity index (χ1n) is 11.1. The Morgan fingerprint density at radius 2 is 1.47 bits per heavy atom. The molecule has 0 spiro atoms. The number of carbonyl (C=O) groups excluding carboxylic acids is 2. The molecule has 1 heterocycles. The van der Waals surface area contributed by atoms with Crippen LogP contribution in [0.15, 0.2) is 91.3 Å². The van der Waals surface area contributed by atoms with E-state index < -0.39 is 12.0 Å². The van der Waals surface area contributed by atoms with E-state index >= 15 is 0 Å². The van der Waals surface area contributed by atoms with Crippen LogP contribution in [0.4, 0.5) is 0 Å². The minimum Gasteiger partial charge on any atom is -0.467 e. The second kappa shape index (κ2) is 10.6. The first-order valence-corrected chi connectivity index (χ1v) is 11.1. The molecule has 6 heteroatoms. The Bertz CT molecular complexity index is 1250. The Hall–Kier alpha value is -4.19. The van der Waals surface area contributed by atoms with Crippen LogP contribution in [0.2, 0.25) is 0 Å². The first kappa shape index (κ1) is 23.0. The lowest BCUT2D eigenvalue weighted by molar-refractivity contribution is -0.144. The quantitative estimate of drug-likeness (QED) is 0.399. The molecule has 1 atom stereocenters. The Kier molecular flexibility index (Phi) is 7.18. The number of carbonyl (C=O) groups is 2. The van der Waals surface area contributed by atoms with Crippen LogP contribution in [-0.2, 0) is 27.3 Å². The summed E-state index contributed by atoms with van der Waals surface area (Å²) in [5.74, 6) is -0.800. The third kappa shape index (κ3) is 5.41. The van der Waals surface area contributed by atoms with Crippen LogP contribution in [-0.4, -0.2) is 34.6 Å². The van der Waals surface area contributed by atoms with Crippen molar-refractivity contribution in [1.82, 2.24) is 14.9 Å². The lowest BCUT2D eigenvalue weighted by Crippen LogP contribution is -2.42. The SMILES string of the molecule is COC(=O)C(Cc1ncn(Cc2ccccc2)c1-c1ccc(-c2ccccc2)cc1)NC(C)=O. The van der Waals surface area contributed by atoms with Crippen molar-refractivity contribution in [3.63, 3.8) is 0 Å². The molecule has 0 aliphatic rings. The number of rotatable bonds is 8. The summed E-state index contributed by atoms with van der Waals surface area (Å²) in [6.07, 6.45) is 2.01. The molecule has 6 nitrogen and oxygen atoms in total. The minimum atomic E-state index is -0.815. The highest BCUT2D eigenvalue weighted by Crippen LogP contribution is 2.28. The lowest BCUT2D eigenvalue weighted by atomic mass is 10.0. The van der Waals surface area contributed by atoms with Crippen LogP contribution in [0.3, 0.4) is 0 Å². The molecule has 0 aliphatic carbocycles. The fourth-order valence-corrected chi connectivity index (χ4v) is 4.03. The number of amides is 1. The molecule has 0 bridgehead atoms. The summed E-state index contributed by atoms with van der Waals surface area (Å²) in [6, 6.07) is 27.8. The van der Waals surface area contributed by atoms with Gasteiger partial charge in [-0.2, -0.15) is 0 Å². The Morgan fingerprint density at radius 3 is 2.09 bits per heavy atom. The van der Waals surface area contributed by atoms with Gasteiger partial charge in [-0.3, -0.25) is 4.79 Å². The molecule has 1 amide bonds. The monoisotopic (exact) mass is 453 g/mol. The van der Waals surface area contributed by atoms with E-state index in [4.69, 9.17) is 4.74 Å². The topological polar surface area (TPSA) is 73.2 Å². The van der Waals surface area contributed by atoms with Crippen molar-refractivity contribution >= 4 is 11.9 Å². The second-order valence-corrected chi connectivity index (χ2v) is 8.08. The zero-order valence-electron chi connectivity index (χ0n) is 19.3. The van der Waals surface area contributed by atoms with Gasteiger partial charge in [-0.25, -0.2) is 9.78 Å². The molecule has 1 unspecified atom stereocenters. The number of hydrogen-bond donors (Lipinski definition) is 1. The van der Waals surface area contributed by atoms with Crippen molar-refractivity contribution in [3.8, 4) is 22.4 Å². The molecule has 172 valence electrons. The number of esters is 1. The van der Waals surface area contributed by atoms with Gasteiger partial charge in [0, 0.05) is 25.5 Å². The number of aromatic nitrogens is 2. The Balaban J connectivity index is 1.72. The summed E-state index contributed by atoms with van der Waals surface area (Å²) in [5, 5.41) is 2.68. The molecule has 0 saturated carbocycles. The van der Waals surface area contributed by atoms with Crippen LogP contribution in [0.5, 0.6) is 0 Å². The van der Waals surface area contributed by atoms with Gasteiger partial charge in [0.15, 0.2) is 0 Å². The van der Waals surface area contributed by atoms with E-state index in [0.29, 0.717) is 12.2 Å². The van der Waals surface area contributed by atoms with E-state index in [1.807, 2.05) is 36.4 Å². The number of methoxy groups -OCH3 is 1. The number of nitrogens with zero attached hydrogens (tertiary/aromatic N) is 2. The second-order valence-electron chi connectivity index (χ2n) is 8.08. The molecule has 0 radical (unpaired) electrons. The number of ether oxygens (including phenoxy) is 1. The average molecular weight is 454 g/mol.